The van der Waals surface area contributed by atoms with Crippen LogP contribution in [-0.4, -0.2) is 32.3 Å². The highest BCUT2D eigenvalue weighted by Gasteiger charge is 2.39. The Morgan fingerprint density at radius 2 is 1.92 bits per heavy atom. The smallest absolute Gasteiger partial charge is 0.416 e. The van der Waals surface area contributed by atoms with Gasteiger partial charge in [-0.05, 0) is 18.6 Å². The number of ether oxygens (including phenoxy) is 2. The lowest BCUT2D eigenvalue weighted by molar-refractivity contribution is -0.142. The van der Waals surface area contributed by atoms with E-state index in [0.29, 0.717) is 0 Å². The second-order valence-corrected chi connectivity index (χ2v) is 5.28. The van der Waals surface area contributed by atoms with Gasteiger partial charge < -0.3 is 20.1 Å². The van der Waals surface area contributed by atoms with Crippen LogP contribution in [0.5, 0.6) is 0 Å². The quantitative estimate of drug-likeness (QED) is 0.626. The van der Waals surface area contributed by atoms with Crippen LogP contribution < -0.4 is 10.6 Å². The Labute approximate surface area is 142 Å². The maximum Gasteiger partial charge on any atom is 0.416 e. The molecule has 9 heteroatoms. The van der Waals surface area contributed by atoms with Crippen molar-refractivity contribution < 1.29 is 32.2 Å². The number of hydrogen-bond donors (Lipinski definition) is 2. The summed E-state index contributed by atoms with van der Waals surface area (Å²) >= 11 is 0. The zero-order valence-electron chi connectivity index (χ0n) is 13.6. The van der Waals surface area contributed by atoms with Gasteiger partial charge in [0.1, 0.15) is 6.61 Å². The molecule has 1 heterocycles. The number of allylic oxidation sites excluding steroid dienone is 1. The fourth-order valence-corrected chi connectivity index (χ4v) is 2.50. The van der Waals surface area contributed by atoms with Crippen molar-refractivity contribution in [2.24, 2.45) is 0 Å². The monoisotopic (exact) mass is 358 g/mol. The standard InChI is InChI=1S/C16H17F3N2O4/c1-9-12(14(22)25-8-7-24-2)13(21-15(23)20-9)10-5-3-4-6-11(10)16(17,18)19/h3-6,13H,7-8H2,1-2H3,(H2,20,21,23)/t13-/m1/s1. The predicted octanol–water partition coefficient (Wildman–Crippen LogP) is 2.52. The third kappa shape index (κ3) is 4.30. The molecule has 0 aliphatic carbocycles. The fraction of sp³-hybridized carbons (Fsp3) is 0.375. The Hall–Kier alpha value is -2.55. The summed E-state index contributed by atoms with van der Waals surface area (Å²) in [7, 11) is 1.42. The molecule has 0 aromatic heterocycles. The number of nitrogens with one attached hydrogen (secondary N) is 2. The number of methoxy groups -OCH3 is 1. The van der Waals surface area contributed by atoms with E-state index in [1.165, 1.54) is 32.2 Å². The maximum absolute atomic E-state index is 13.3. The Balaban J connectivity index is 2.45. The number of urea groups is 1. The van der Waals surface area contributed by atoms with Crippen molar-refractivity contribution in [3.8, 4) is 0 Å². The van der Waals surface area contributed by atoms with E-state index in [9.17, 15) is 22.8 Å². The number of amides is 2. The molecule has 0 fully saturated rings. The average molecular weight is 358 g/mol. The summed E-state index contributed by atoms with van der Waals surface area (Å²) in [6, 6.07) is 2.78. The van der Waals surface area contributed by atoms with Crippen molar-refractivity contribution in [2.45, 2.75) is 19.1 Å². The first-order chi connectivity index (χ1) is 11.8. The molecule has 2 N–H and O–H groups in total. The van der Waals surface area contributed by atoms with Gasteiger partial charge in [-0.15, -0.1) is 0 Å². The maximum atomic E-state index is 13.3. The number of halogens is 3. The largest absolute Gasteiger partial charge is 0.460 e. The van der Waals surface area contributed by atoms with Gasteiger partial charge in [0.25, 0.3) is 0 Å². The second-order valence-electron chi connectivity index (χ2n) is 5.28. The molecule has 1 aromatic rings. The van der Waals surface area contributed by atoms with Crippen LogP contribution in [0.1, 0.15) is 24.1 Å². The molecule has 25 heavy (non-hydrogen) atoms. The lowest BCUT2D eigenvalue weighted by Gasteiger charge is -2.29. The first-order valence-electron chi connectivity index (χ1n) is 7.36. The molecule has 6 nitrogen and oxygen atoms in total. The summed E-state index contributed by atoms with van der Waals surface area (Å²) in [5.74, 6) is -0.830. The Morgan fingerprint density at radius 1 is 1.24 bits per heavy atom. The molecule has 1 atom stereocenters. The van der Waals surface area contributed by atoms with Gasteiger partial charge in [-0.1, -0.05) is 18.2 Å². The lowest BCUT2D eigenvalue weighted by atomic mass is 9.91. The lowest BCUT2D eigenvalue weighted by Crippen LogP contribution is -2.45. The van der Waals surface area contributed by atoms with E-state index in [0.717, 1.165) is 6.07 Å². The van der Waals surface area contributed by atoms with Crippen molar-refractivity contribution in [2.75, 3.05) is 20.3 Å². The zero-order chi connectivity index (χ0) is 18.6. The van der Waals surface area contributed by atoms with E-state index in [-0.39, 0.29) is 30.0 Å². The molecule has 1 aromatic carbocycles. The van der Waals surface area contributed by atoms with Gasteiger partial charge in [-0.2, -0.15) is 13.2 Å². The molecule has 1 aliphatic rings. The van der Waals surface area contributed by atoms with Crippen LogP contribution in [0.15, 0.2) is 35.5 Å². The van der Waals surface area contributed by atoms with Crippen molar-refractivity contribution >= 4 is 12.0 Å². The molecule has 136 valence electrons. The normalized spacial score (nSPS) is 17.8. The van der Waals surface area contributed by atoms with Crippen molar-refractivity contribution in [3.05, 3.63) is 46.7 Å². The van der Waals surface area contributed by atoms with Crippen LogP contribution in [0.4, 0.5) is 18.0 Å². The third-order valence-corrected chi connectivity index (χ3v) is 3.59. The van der Waals surface area contributed by atoms with E-state index < -0.39 is 29.8 Å². The van der Waals surface area contributed by atoms with E-state index in [1.807, 2.05) is 0 Å². The minimum absolute atomic E-state index is 0.0618. The highest BCUT2D eigenvalue weighted by Crippen LogP contribution is 2.38. The summed E-state index contributed by atoms with van der Waals surface area (Å²) in [6.45, 7) is 1.50. The summed E-state index contributed by atoms with van der Waals surface area (Å²) in [5, 5.41) is 4.73. The highest BCUT2D eigenvalue weighted by molar-refractivity contribution is 5.95. The first-order valence-corrected chi connectivity index (χ1v) is 7.36. The molecular formula is C16H17F3N2O4. The summed E-state index contributed by atoms with van der Waals surface area (Å²) in [6.07, 6.45) is -4.63. The number of carbonyl (C=O) groups excluding carboxylic acids is 2. The number of benzene rings is 1. The van der Waals surface area contributed by atoms with Gasteiger partial charge >= 0.3 is 18.2 Å². The fourth-order valence-electron chi connectivity index (χ4n) is 2.50. The number of rotatable bonds is 5. The first kappa shape index (κ1) is 18.8. The third-order valence-electron chi connectivity index (χ3n) is 3.59. The summed E-state index contributed by atoms with van der Waals surface area (Å²) in [5.41, 5.74) is -1.12. The topological polar surface area (TPSA) is 76.7 Å². The molecule has 0 bridgehead atoms. The summed E-state index contributed by atoms with van der Waals surface area (Å²) < 4.78 is 49.7. The molecular weight excluding hydrogens is 341 g/mol. The molecule has 0 saturated carbocycles. The highest BCUT2D eigenvalue weighted by atomic mass is 19.4. The van der Waals surface area contributed by atoms with E-state index in [2.05, 4.69) is 10.6 Å². The van der Waals surface area contributed by atoms with Crippen LogP contribution in [0.3, 0.4) is 0 Å². The number of carbonyl (C=O) groups is 2. The van der Waals surface area contributed by atoms with Crippen LogP contribution in [0, 0.1) is 0 Å². The van der Waals surface area contributed by atoms with E-state index in [1.54, 1.807) is 0 Å². The van der Waals surface area contributed by atoms with Gasteiger partial charge in [-0.25, -0.2) is 9.59 Å². The van der Waals surface area contributed by atoms with E-state index >= 15 is 0 Å². The average Bonchev–Trinajstić information content (AvgIpc) is 2.53. The molecule has 0 spiro atoms. The van der Waals surface area contributed by atoms with Gasteiger partial charge in [0, 0.05) is 12.8 Å². The minimum Gasteiger partial charge on any atom is -0.460 e. The Kier molecular flexibility index (Phi) is 5.68. The molecule has 0 radical (unpaired) electrons. The Morgan fingerprint density at radius 3 is 2.56 bits per heavy atom. The van der Waals surface area contributed by atoms with E-state index in [4.69, 9.17) is 9.47 Å². The molecule has 0 saturated heterocycles. The van der Waals surface area contributed by atoms with Crippen molar-refractivity contribution in [3.63, 3.8) is 0 Å². The van der Waals surface area contributed by atoms with Gasteiger partial charge in [0.05, 0.1) is 23.8 Å². The molecule has 1 aliphatic heterocycles. The van der Waals surface area contributed by atoms with Crippen LogP contribution >= 0.6 is 0 Å². The minimum atomic E-state index is -4.63. The van der Waals surface area contributed by atoms with Gasteiger partial charge in [0.15, 0.2) is 0 Å². The van der Waals surface area contributed by atoms with Gasteiger partial charge in [-0.3, -0.25) is 0 Å². The van der Waals surface area contributed by atoms with Gasteiger partial charge in [0.2, 0.25) is 0 Å². The summed E-state index contributed by atoms with van der Waals surface area (Å²) in [4.78, 5) is 24.1. The van der Waals surface area contributed by atoms with Crippen LogP contribution in [0.25, 0.3) is 0 Å². The number of alkyl halides is 3. The molecule has 2 rings (SSSR count). The molecule has 2 amide bonds. The van der Waals surface area contributed by atoms with Crippen molar-refractivity contribution in [1.82, 2.24) is 10.6 Å². The van der Waals surface area contributed by atoms with Crippen molar-refractivity contribution in [1.29, 1.82) is 0 Å². The van der Waals surface area contributed by atoms with Crippen LogP contribution in [-0.2, 0) is 20.4 Å². The molecule has 0 unspecified atom stereocenters. The second kappa shape index (κ2) is 7.56. The number of hydrogen-bond acceptors (Lipinski definition) is 4. The van der Waals surface area contributed by atoms with Crippen LogP contribution in [0.2, 0.25) is 0 Å². The zero-order valence-corrected chi connectivity index (χ0v) is 13.6. The predicted molar refractivity (Wildman–Crippen MR) is 81.4 cm³/mol. The SMILES string of the molecule is COCCOC(=O)C1=C(C)NC(=O)N[C@@H]1c1ccccc1C(F)(F)F. The number of esters is 1. The Bertz CT molecular complexity index is 701.